The van der Waals surface area contributed by atoms with E-state index in [0.29, 0.717) is 17.8 Å². The molecule has 0 aliphatic heterocycles. The second kappa shape index (κ2) is 6.39. The van der Waals surface area contributed by atoms with E-state index in [-0.39, 0.29) is 5.82 Å². The molecule has 3 rings (SSSR count). The fourth-order valence-electron chi connectivity index (χ4n) is 2.31. The van der Waals surface area contributed by atoms with Gasteiger partial charge < -0.3 is 4.74 Å². The van der Waals surface area contributed by atoms with Crippen LogP contribution in [0, 0.1) is 5.82 Å². The molecule has 0 N–H and O–H groups in total. The van der Waals surface area contributed by atoms with Gasteiger partial charge in [0, 0.05) is 18.8 Å². The van der Waals surface area contributed by atoms with Crippen molar-refractivity contribution in [2.45, 2.75) is 6.42 Å². The van der Waals surface area contributed by atoms with E-state index in [2.05, 4.69) is 10.1 Å². The number of carbonyl (C=O) groups is 1. The predicted octanol–water partition coefficient (Wildman–Crippen LogP) is 2.78. The maximum Gasteiger partial charge on any atom is 0.338 e. The predicted molar refractivity (Wildman–Crippen MR) is 81.9 cm³/mol. The SMILES string of the molecule is COC(=O)c1ccnc(-n2nccc2Cc2cccc(F)c2)c1. The quantitative estimate of drug-likeness (QED) is 0.695. The molecular formula is C17H14FN3O2. The van der Waals surface area contributed by atoms with Gasteiger partial charge >= 0.3 is 5.97 Å². The largest absolute Gasteiger partial charge is 0.465 e. The fraction of sp³-hybridized carbons (Fsp3) is 0.118. The van der Waals surface area contributed by atoms with Gasteiger partial charge in [0.1, 0.15) is 5.82 Å². The average Bonchev–Trinajstić information content (AvgIpc) is 3.02. The van der Waals surface area contributed by atoms with Crippen LogP contribution in [0.5, 0.6) is 0 Å². The van der Waals surface area contributed by atoms with Crippen molar-refractivity contribution < 1.29 is 13.9 Å². The molecule has 6 heteroatoms. The Morgan fingerprint density at radius 3 is 2.87 bits per heavy atom. The number of benzene rings is 1. The summed E-state index contributed by atoms with van der Waals surface area (Å²) in [5.41, 5.74) is 2.06. The molecule has 0 radical (unpaired) electrons. The lowest BCUT2D eigenvalue weighted by molar-refractivity contribution is 0.0600. The van der Waals surface area contributed by atoms with E-state index in [1.54, 1.807) is 29.1 Å². The molecule has 116 valence electrons. The smallest absolute Gasteiger partial charge is 0.338 e. The van der Waals surface area contributed by atoms with Crippen molar-refractivity contribution in [1.29, 1.82) is 0 Å². The second-order valence-electron chi connectivity index (χ2n) is 4.94. The summed E-state index contributed by atoms with van der Waals surface area (Å²) in [5, 5.41) is 4.24. The average molecular weight is 311 g/mol. The van der Waals surface area contributed by atoms with Crippen LogP contribution in [0.2, 0.25) is 0 Å². The van der Waals surface area contributed by atoms with Gasteiger partial charge in [0.15, 0.2) is 5.82 Å². The summed E-state index contributed by atoms with van der Waals surface area (Å²) in [6.07, 6.45) is 3.66. The molecular weight excluding hydrogens is 297 g/mol. The first-order valence-electron chi connectivity index (χ1n) is 6.99. The lowest BCUT2D eigenvalue weighted by Crippen LogP contribution is -2.08. The molecule has 23 heavy (non-hydrogen) atoms. The Balaban J connectivity index is 1.93. The number of nitrogens with zero attached hydrogens (tertiary/aromatic N) is 3. The van der Waals surface area contributed by atoms with Crippen LogP contribution in [0.1, 0.15) is 21.6 Å². The summed E-state index contributed by atoms with van der Waals surface area (Å²) in [6.45, 7) is 0. The first-order chi connectivity index (χ1) is 11.2. The maximum absolute atomic E-state index is 13.3. The molecule has 0 aliphatic carbocycles. The van der Waals surface area contributed by atoms with Crippen LogP contribution < -0.4 is 0 Å². The van der Waals surface area contributed by atoms with Crippen molar-refractivity contribution in [3.05, 3.63) is 77.5 Å². The zero-order chi connectivity index (χ0) is 16.2. The summed E-state index contributed by atoms with van der Waals surface area (Å²) in [5.74, 6) is -0.212. The van der Waals surface area contributed by atoms with E-state index in [0.717, 1.165) is 11.3 Å². The Bertz CT molecular complexity index is 845. The lowest BCUT2D eigenvalue weighted by atomic mass is 10.1. The van der Waals surface area contributed by atoms with Crippen LogP contribution in [0.3, 0.4) is 0 Å². The minimum Gasteiger partial charge on any atom is -0.465 e. The molecule has 0 bridgehead atoms. The van der Waals surface area contributed by atoms with Gasteiger partial charge in [-0.2, -0.15) is 5.10 Å². The highest BCUT2D eigenvalue weighted by atomic mass is 19.1. The third-order valence-electron chi connectivity index (χ3n) is 3.38. The highest BCUT2D eigenvalue weighted by Gasteiger charge is 2.11. The van der Waals surface area contributed by atoms with Crippen molar-refractivity contribution in [3.8, 4) is 5.82 Å². The zero-order valence-electron chi connectivity index (χ0n) is 12.4. The first-order valence-corrected chi connectivity index (χ1v) is 6.99. The monoisotopic (exact) mass is 311 g/mol. The van der Waals surface area contributed by atoms with E-state index in [9.17, 15) is 9.18 Å². The molecule has 3 aromatic rings. The van der Waals surface area contributed by atoms with Crippen molar-refractivity contribution in [2.24, 2.45) is 0 Å². The van der Waals surface area contributed by atoms with Crippen LogP contribution in [0.25, 0.3) is 5.82 Å². The summed E-state index contributed by atoms with van der Waals surface area (Å²) in [4.78, 5) is 15.9. The van der Waals surface area contributed by atoms with Gasteiger partial charge in [0.2, 0.25) is 0 Å². The Morgan fingerprint density at radius 2 is 2.09 bits per heavy atom. The molecule has 0 unspecified atom stereocenters. The van der Waals surface area contributed by atoms with Crippen molar-refractivity contribution in [1.82, 2.24) is 14.8 Å². The van der Waals surface area contributed by atoms with Gasteiger partial charge in [-0.15, -0.1) is 0 Å². The van der Waals surface area contributed by atoms with Gasteiger partial charge in [-0.05, 0) is 35.9 Å². The Morgan fingerprint density at radius 1 is 1.22 bits per heavy atom. The van der Waals surface area contributed by atoms with Crippen LogP contribution in [0.4, 0.5) is 4.39 Å². The van der Waals surface area contributed by atoms with Crippen LogP contribution >= 0.6 is 0 Å². The number of esters is 1. The molecule has 0 fully saturated rings. The van der Waals surface area contributed by atoms with E-state index in [1.807, 2.05) is 12.1 Å². The first kappa shape index (κ1) is 14.9. The van der Waals surface area contributed by atoms with Crippen molar-refractivity contribution >= 4 is 5.97 Å². The molecule has 0 amide bonds. The molecule has 1 aromatic carbocycles. The maximum atomic E-state index is 13.3. The fourth-order valence-corrected chi connectivity index (χ4v) is 2.31. The van der Waals surface area contributed by atoms with Gasteiger partial charge in [0.05, 0.1) is 18.4 Å². The summed E-state index contributed by atoms with van der Waals surface area (Å²) in [6, 6.07) is 11.4. The Kier molecular flexibility index (Phi) is 4.14. The van der Waals surface area contributed by atoms with Crippen LogP contribution in [0.15, 0.2) is 54.9 Å². The van der Waals surface area contributed by atoms with Gasteiger partial charge in [-0.1, -0.05) is 12.1 Å². The molecule has 2 heterocycles. The minimum atomic E-state index is -0.438. The third-order valence-corrected chi connectivity index (χ3v) is 3.38. The normalized spacial score (nSPS) is 10.5. The number of ether oxygens (including phenoxy) is 1. The Labute approximate surface area is 132 Å². The van der Waals surface area contributed by atoms with Crippen molar-refractivity contribution in [3.63, 3.8) is 0 Å². The minimum absolute atomic E-state index is 0.278. The third kappa shape index (κ3) is 3.26. The second-order valence-corrected chi connectivity index (χ2v) is 4.94. The number of hydrogen-bond acceptors (Lipinski definition) is 4. The number of pyridine rings is 1. The van der Waals surface area contributed by atoms with Crippen molar-refractivity contribution in [2.75, 3.05) is 7.11 Å². The number of rotatable bonds is 4. The molecule has 0 aliphatic rings. The van der Waals surface area contributed by atoms with Crippen LogP contribution in [-0.2, 0) is 11.2 Å². The van der Waals surface area contributed by atoms with E-state index in [1.165, 1.54) is 25.4 Å². The number of methoxy groups -OCH3 is 1. The standard InChI is InChI=1S/C17H14FN3O2/c1-23-17(22)13-5-7-19-16(11-13)21-15(6-8-20-21)10-12-3-2-4-14(18)9-12/h2-9,11H,10H2,1H3. The molecule has 0 saturated carbocycles. The van der Waals surface area contributed by atoms with Gasteiger partial charge in [-0.25, -0.2) is 18.9 Å². The van der Waals surface area contributed by atoms with Crippen LogP contribution in [-0.4, -0.2) is 27.8 Å². The molecule has 0 saturated heterocycles. The number of hydrogen-bond donors (Lipinski definition) is 0. The lowest BCUT2D eigenvalue weighted by Gasteiger charge is -2.08. The highest BCUT2D eigenvalue weighted by molar-refractivity contribution is 5.89. The van der Waals surface area contributed by atoms with Gasteiger partial charge in [-0.3, -0.25) is 0 Å². The van der Waals surface area contributed by atoms with E-state index < -0.39 is 5.97 Å². The molecule has 0 atom stereocenters. The molecule has 5 nitrogen and oxygen atoms in total. The summed E-state index contributed by atoms with van der Waals surface area (Å²) < 4.78 is 19.6. The highest BCUT2D eigenvalue weighted by Crippen LogP contribution is 2.15. The number of carbonyl (C=O) groups excluding carboxylic acids is 1. The number of halogens is 1. The molecule has 2 aromatic heterocycles. The topological polar surface area (TPSA) is 57.0 Å². The van der Waals surface area contributed by atoms with Gasteiger partial charge in [0.25, 0.3) is 0 Å². The van der Waals surface area contributed by atoms with E-state index in [4.69, 9.17) is 4.74 Å². The molecule has 0 spiro atoms. The van der Waals surface area contributed by atoms with E-state index >= 15 is 0 Å². The summed E-state index contributed by atoms with van der Waals surface area (Å²) in [7, 11) is 1.33. The summed E-state index contributed by atoms with van der Waals surface area (Å²) >= 11 is 0. The number of aromatic nitrogens is 3. The zero-order valence-corrected chi connectivity index (χ0v) is 12.4. The Hall–Kier alpha value is -3.02.